The van der Waals surface area contributed by atoms with E-state index in [1.54, 1.807) is 11.9 Å². The first-order chi connectivity index (χ1) is 8.27. The minimum Gasteiger partial charge on any atom is -0.480 e. The quantitative estimate of drug-likeness (QED) is 0.764. The number of nitrogens with zero attached hydrogens (tertiary/aromatic N) is 1. The highest BCUT2D eigenvalue weighted by atomic mass is 16.4. The number of hydrogen-bond donors (Lipinski definition) is 2. The number of hydrogen-bond acceptors (Lipinski definition) is 2. The zero-order chi connectivity index (χ0) is 13.9. The number of aliphatic carboxylic acids is 1. The minimum absolute atomic E-state index is 0.271. The second kappa shape index (κ2) is 5.59. The Hall–Kier alpha value is -1.26. The molecule has 0 unspecified atom stereocenters. The predicted molar refractivity (Wildman–Crippen MR) is 69.4 cm³/mol. The summed E-state index contributed by atoms with van der Waals surface area (Å²) < 4.78 is 0. The fraction of sp³-hybridized carbons (Fsp3) is 0.846. The van der Waals surface area contributed by atoms with Crippen LogP contribution in [0.2, 0.25) is 0 Å². The average Bonchev–Trinajstić information content (AvgIpc) is 3.10. The van der Waals surface area contributed by atoms with Crippen LogP contribution in [0.4, 0.5) is 4.79 Å². The summed E-state index contributed by atoms with van der Waals surface area (Å²) >= 11 is 0. The number of nitrogens with one attached hydrogen (secondary N) is 1. The molecular weight excluding hydrogens is 232 g/mol. The summed E-state index contributed by atoms with van der Waals surface area (Å²) in [4.78, 5) is 24.7. The van der Waals surface area contributed by atoms with Crippen molar-refractivity contribution in [3.8, 4) is 0 Å². The minimum atomic E-state index is -0.946. The molecule has 104 valence electrons. The Bertz CT molecular complexity index is 324. The third-order valence-electron chi connectivity index (χ3n) is 3.94. The van der Waals surface area contributed by atoms with Gasteiger partial charge in [0.25, 0.3) is 0 Å². The van der Waals surface area contributed by atoms with E-state index in [4.69, 9.17) is 5.11 Å². The fourth-order valence-electron chi connectivity index (χ4n) is 1.67. The second-order valence-electron chi connectivity index (χ2n) is 5.74. The number of carboxylic acid groups (broad SMARTS) is 1. The lowest BCUT2D eigenvalue weighted by molar-refractivity contribution is -0.139. The Kier molecular flexibility index (Phi) is 4.59. The van der Waals surface area contributed by atoms with Crippen LogP contribution in [-0.2, 0) is 4.79 Å². The van der Waals surface area contributed by atoms with E-state index in [0.29, 0.717) is 12.3 Å². The first-order valence-corrected chi connectivity index (χ1v) is 6.55. The van der Waals surface area contributed by atoms with Gasteiger partial charge in [0, 0.05) is 12.6 Å². The molecule has 0 spiro atoms. The van der Waals surface area contributed by atoms with Gasteiger partial charge in [-0.25, -0.2) is 9.59 Å². The third-order valence-corrected chi connectivity index (χ3v) is 3.94. The number of urea groups is 1. The highest BCUT2D eigenvalue weighted by Crippen LogP contribution is 2.33. The van der Waals surface area contributed by atoms with Crippen molar-refractivity contribution in [2.24, 2.45) is 5.92 Å². The van der Waals surface area contributed by atoms with Crippen LogP contribution in [0.5, 0.6) is 0 Å². The molecule has 1 fully saturated rings. The van der Waals surface area contributed by atoms with Gasteiger partial charge in [-0.3, -0.25) is 0 Å². The van der Waals surface area contributed by atoms with Gasteiger partial charge in [-0.2, -0.15) is 0 Å². The normalized spacial score (nSPS) is 17.1. The molecule has 0 radical (unpaired) electrons. The van der Waals surface area contributed by atoms with Crippen molar-refractivity contribution in [2.75, 3.05) is 7.05 Å². The van der Waals surface area contributed by atoms with E-state index >= 15 is 0 Å². The van der Waals surface area contributed by atoms with Crippen LogP contribution < -0.4 is 5.32 Å². The van der Waals surface area contributed by atoms with Gasteiger partial charge in [0.05, 0.1) is 0 Å². The van der Waals surface area contributed by atoms with Crippen LogP contribution in [0.25, 0.3) is 0 Å². The van der Waals surface area contributed by atoms with Crippen molar-refractivity contribution in [1.29, 1.82) is 0 Å². The number of carboxylic acids is 1. The van der Waals surface area contributed by atoms with Crippen LogP contribution in [0.3, 0.4) is 0 Å². The Morgan fingerprint density at radius 2 is 2.00 bits per heavy atom. The Morgan fingerprint density at radius 1 is 1.44 bits per heavy atom. The van der Waals surface area contributed by atoms with Gasteiger partial charge in [0.15, 0.2) is 0 Å². The van der Waals surface area contributed by atoms with Crippen molar-refractivity contribution in [2.45, 2.75) is 58.0 Å². The van der Waals surface area contributed by atoms with Gasteiger partial charge in [0.2, 0.25) is 0 Å². The van der Waals surface area contributed by atoms with Crippen LogP contribution in [0, 0.1) is 5.92 Å². The third kappa shape index (κ3) is 3.89. The number of carbonyl (C=O) groups is 2. The van der Waals surface area contributed by atoms with E-state index in [0.717, 1.165) is 19.3 Å². The number of amides is 2. The molecule has 0 saturated heterocycles. The summed E-state index contributed by atoms with van der Waals surface area (Å²) in [5.41, 5.74) is -0.271. The van der Waals surface area contributed by atoms with E-state index in [2.05, 4.69) is 5.32 Å². The van der Waals surface area contributed by atoms with Gasteiger partial charge in [0.1, 0.15) is 6.04 Å². The summed E-state index contributed by atoms with van der Waals surface area (Å²) in [6.45, 7) is 5.93. The molecule has 2 amide bonds. The number of carbonyl (C=O) groups excluding carboxylic acids is 1. The second-order valence-corrected chi connectivity index (χ2v) is 5.74. The first kappa shape index (κ1) is 14.8. The van der Waals surface area contributed by atoms with E-state index in [1.165, 1.54) is 0 Å². The maximum Gasteiger partial charge on any atom is 0.326 e. The van der Waals surface area contributed by atoms with Gasteiger partial charge >= 0.3 is 12.0 Å². The molecule has 1 rings (SSSR count). The molecule has 5 nitrogen and oxygen atoms in total. The SMILES string of the molecule is CCC(C)(C)N(C)C(=O)N[C@@H](CC1CC1)C(=O)O. The molecule has 5 heteroatoms. The van der Waals surface area contributed by atoms with E-state index in [9.17, 15) is 9.59 Å². The van der Waals surface area contributed by atoms with Gasteiger partial charge in [-0.15, -0.1) is 0 Å². The van der Waals surface area contributed by atoms with Crippen molar-refractivity contribution >= 4 is 12.0 Å². The average molecular weight is 256 g/mol. The van der Waals surface area contributed by atoms with E-state index in [1.807, 2.05) is 20.8 Å². The predicted octanol–water partition coefficient (Wildman–Crippen LogP) is 2.07. The molecule has 0 aliphatic heterocycles. The summed E-state index contributed by atoms with van der Waals surface area (Å²) in [5, 5.41) is 11.7. The molecule has 0 heterocycles. The maximum absolute atomic E-state index is 12.0. The summed E-state index contributed by atoms with van der Waals surface area (Å²) in [5.74, 6) is -0.478. The number of rotatable bonds is 6. The first-order valence-electron chi connectivity index (χ1n) is 6.55. The lowest BCUT2D eigenvalue weighted by Crippen LogP contribution is -2.53. The molecule has 0 aromatic rings. The van der Waals surface area contributed by atoms with Crippen LogP contribution >= 0.6 is 0 Å². The van der Waals surface area contributed by atoms with Crippen LogP contribution in [-0.4, -0.2) is 40.6 Å². The van der Waals surface area contributed by atoms with E-state index in [-0.39, 0.29) is 11.6 Å². The summed E-state index contributed by atoms with van der Waals surface area (Å²) in [6, 6.07) is -1.07. The summed E-state index contributed by atoms with van der Waals surface area (Å²) in [7, 11) is 1.70. The molecule has 1 aliphatic carbocycles. The van der Waals surface area contributed by atoms with Crippen molar-refractivity contribution in [1.82, 2.24) is 10.2 Å². The molecule has 18 heavy (non-hydrogen) atoms. The molecular formula is C13H24N2O3. The molecule has 2 N–H and O–H groups in total. The van der Waals surface area contributed by atoms with Crippen LogP contribution in [0.1, 0.15) is 46.5 Å². The van der Waals surface area contributed by atoms with Crippen molar-refractivity contribution in [3.63, 3.8) is 0 Å². The highest BCUT2D eigenvalue weighted by Gasteiger charge is 2.33. The molecule has 0 aromatic carbocycles. The zero-order valence-electron chi connectivity index (χ0n) is 11.7. The molecule has 0 aromatic heterocycles. The lowest BCUT2D eigenvalue weighted by Gasteiger charge is -2.35. The zero-order valence-corrected chi connectivity index (χ0v) is 11.7. The topological polar surface area (TPSA) is 69.6 Å². The lowest BCUT2D eigenvalue weighted by atomic mass is 10.0. The van der Waals surface area contributed by atoms with E-state index < -0.39 is 12.0 Å². The monoisotopic (exact) mass is 256 g/mol. The largest absolute Gasteiger partial charge is 0.480 e. The maximum atomic E-state index is 12.0. The Labute approximate surface area is 109 Å². The molecule has 1 atom stereocenters. The van der Waals surface area contributed by atoms with Crippen molar-refractivity contribution < 1.29 is 14.7 Å². The van der Waals surface area contributed by atoms with Crippen molar-refractivity contribution in [3.05, 3.63) is 0 Å². The highest BCUT2D eigenvalue weighted by molar-refractivity contribution is 5.82. The molecule has 1 saturated carbocycles. The van der Waals surface area contributed by atoms with Gasteiger partial charge in [-0.1, -0.05) is 19.8 Å². The molecule has 0 bridgehead atoms. The standard InChI is InChI=1S/C13H24N2O3/c1-5-13(2,3)15(4)12(18)14-10(11(16)17)8-9-6-7-9/h9-10H,5-8H2,1-4H3,(H,14,18)(H,16,17)/t10-/m0/s1. The smallest absolute Gasteiger partial charge is 0.326 e. The molecule has 1 aliphatic rings. The van der Waals surface area contributed by atoms with Gasteiger partial charge < -0.3 is 15.3 Å². The Morgan fingerprint density at radius 3 is 2.39 bits per heavy atom. The Balaban J connectivity index is 2.57. The van der Waals surface area contributed by atoms with Crippen LogP contribution in [0.15, 0.2) is 0 Å². The summed E-state index contributed by atoms with van der Waals surface area (Å²) in [6.07, 6.45) is 3.52. The van der Waals surface area contributed by atoms with Gasteiger partial charge in [-0.05, 0) is 32.6 Å². The fourth-order valence-corrected chi connectivity index (χ4v) is 1.67.